The molecular weight excluding hydrogens is 358 g/mol. The zero-order valence-electron chi connectivity index (χ0n) is 14.0. The predicted octanol–water partition coefficient (Wildman–Crippen LogP) is 1.06. The normalized spacial score (nSPS) is 14.0. The van der Waals surface area contributed by atoms with Gasteiger partial charge in [0.05, 0.1) is 25.9 Å². The van der Waals surface area contributed by atoms with E-state index in [1.807, 2.05) is 18.2 Å². The van der Waals surface area contributed by atoms with Gasteiger partial charge < -0.3 is 9.84 Å². The number of aliphatic hydroxyl groups excluding tert-OH is 1. The molecule has 136 valence electrons. The molecule has 1 aromatic carbocycles. The van der Waals surface area contributed by atoms with Gasteiger partial charge in [0.1, 0.15) is 11.6 Å². The first-order valence-corrected chi connectivity index (χ1v) is 8.66. The zero-order valence-corrected chi connectivity index (χ0v) is 14.8. The Morgan fingerprint density at radius 2 is 2.04 bits per heavy atom. The van der Waals surface area contributed by atoms with E-state index < -0.39 is 17.4 Å². The number of nitriles is 1. The highest BCUT2D eigenvalue weighted by molar-refractivity contribution is 6.30. The van der Waals surface area contributed by atoms with E-state index in [0.29, 0.717) is 23.7 Å². The lowest BCUT2D eigenvalue weighted by Crippen LogP contribution is -2.44. The Kier molecular flexibility index (Phi) is 5.57. The van der Waals surface area contributed by atoms with Gasteiger partial charge in [0.15, 0.2) is 0 Å². The van der Waals surface area contributed by atoms with E-state index in [9.17, 15) is 20.0 Å². The van der Waals surface area contributed by atoms with Gasteiger partial charge in [-0.05, 0) is 30.5 Å². The number of ether oxygens (including phenoxy) is 1. The van der Waals surface area contributed by atoms with Crippen molar-refractivity contribution in [3.8, 4) is 6.07 Å². The molecule has 2 aromatic rings. The van der Waals surface area contributed by atoms with Gasteiger partial charge in [0, 0.05) is 17.3 Å². The summed E-state index contributed by atoms with van der Waals surface area (Å²) < 4.78 is 7.81. The van der Waals surface area contributed by atoms with Crippen molar-refractivity contribution >= 4 is 11.6 Å². The van der Waals surface area contributed by atoms with Crippen LogP contribution in [-0.4, -0.2) is 27.0 Å². The number of aromatic nitrogens is 2. The van der Waals surface area contributed by atoms with Crippen LogP contribution in [0, 0.1) is 11.3 Å². The quantitative estimate of drug-likeness (QED) is 0.814. The van der Waals surface area contributed by atoms with E-state index in [1.165, 1.54) is 4.57 Å². The number of rotatable bonds is 6. The summed E-state index contributed by atoms with van der Waals surface area (Å²) in [5, 5.41) is 20.0. The maximum Gasteiger partial charge on any atom is 0.331 e. The van der Waals surface area contributed by atoms with Crippen LogP contribution < -0.4 is 11.2 Å². The first-order valence-electron chi connectivity index (χ1n) is 8.28. The molecule has 0 aliphatic carbocycles. The van der Waals surface area contributed by atoms with Crippen LogP contribution in [0.4, 0.5) is 0 Å². The average Bonchev–Trinajstić information content (AvgIpc) is 3.10. The Hall–Kier alpha value is -2.40. The molecule has 7 nitrogen and oxygen atoms in total. The molecule has 1 aliphatic rings. The van der Waals surface area contributed by atoms with Crippen molar-refractivity contribution in [2.45, 2.75) is 38.6 Å². The smallest absolute Gasteiger partial charge is 0.331 e. The molecular formula is C18H18ClN3O4. The third-order valence-corrected chi connectivity index (χ3v) is 4.58. The van der Waals surface area contributed by atoms with Gasteiger partial charge in [-0.2, -0.15) is 5.26 Å². The maximum absolute atomic E-state index is 12.5. The monoisotopic (exact) mass is 375 g/mol. The second kappa shape index (κ2) is 7.87. The fraction of sp³-hybridized carbons (Fsp3) is 0.389. The largest absolute Gasteiger partial charge is 0.389 e. The summed E-state index contributed by atoms with van der Waals surface area (Å²) in [7, 11) is 0. The van der Waals surface area contributed by atoms with Gasteiger partial charge in [0.2, 0.25) is 0 Å². The number of aliphatic hydroxyl groups is 1. The van der Waals surface area contributed by atoms with E-state index in [4.69, 9.17) is 16.3 Å². The maximum atomic E-state index is 12.5. The second-order valence-electron chi connectivity index (χ2n) is 6.18. The molecule has 1 aromatic heterocycles. The molecule has 0 bridgehead atoms. The fourth-order valence-electron chi connectivity index (χ4n) is 3.07. The van der Waals surface area contributed by atoms with Crippen molar-refractivity contribution in [3.63, 3.8) is 0 Å². The predicted molar refractivity (Wildman–Crippen MR) is 95.1 cm³/mol. The molecule has 26 heavy (non-hydrogen) atoms. The Bertz CT molecular complexity index is 957. The Morgan fingerprint density at radius 3 is 2.73 bits per heavy atom. The van der Waals surface area contributed by atoms with Gasteiger partial charge in [-0.3, -0.25) is 13.9 Å². The lowest BCUT2D eigenvalue weighted by Gasteiger charge is -2.15. The second-order valence-corrected chi connectivity index (χ2v) is 6.62. The van der Waals surface area contributed by atoms with Crippen molar-refractivity contribution in [2.24, 2.45) is 0 Å². The minimum absolute atomic E-state index is 0.0172. The Balaban J connectivity index is 1.69. The zero-order chi connectivity index (χ0) is 18.7. The summed E-state index contributed by atoms with van der Waals surface area (Å²) in [5.74, 6) is 0. The molecule has 0 unspecified atom stereocenters. The lowest BCUT2D eigenvalue weighted by molar-refractivity contribution is 0.0191. The SMILES string of the molecule is N#Cc1c2n(c(=O)n(C[C@@H](O)COCc3ccc(Cl)cc3)c1=O)CCC2. The highest BCUT2D eigenvalue weighted by Crippen LogP contribution is 2.13. The number of benzene rings is 1. The average molecular weight is 376 g/mol. The third-order valence-electron chi connectivity index (χ3n) is 4.33. The molecule has 0 saturated carbocycles. The molecule has 0 fully saturated rings. The first kappa shape index (κ1) is 18.4. The van der Waals surface area contributed by atoms with E-state index >= 15 is 0 Å². The van der Waals surface area contributed by atoms with Crippen molar-refractivity contribution < 1.29 is 9.84 Å². The molecule has 3 rings (SSSR count). The number of halogens is 1. The Labute approximate surface area is 154 Å². The van der Waals surface area contributed by atoms with E-state index in [0.717, 1.165) is 16.6 Å². The van der Waals surface area contributed by atoms with E-state index in [-0.39, 0.29) is 25.3 Å². The Morgan fingerprint density at radius 1 is 1.31 bits per heavy atom. The van der Waals surface area contributed by atoms with Gasteiger partial charge in [-0.15, -0.1) is 0 Å². The summed E-state index contributed by atoms with van der Waals surface area (Å²) in [6.07, 6.45) is 0.223. The minimum atomic E-state index is -1.04. The summed E-state index contributed by atoms with van der Waals surface area (Å²) in [5.41, 5.74) is 0.229. The first-order chi connectivity index (χ1) is 12.5. The lowest BCUT2D eigenvalue weighted by atomic mass is 10.2. The number of hydrogen-bond acceptors (Lipinski definition) is 5. The van der Waals surface area contributed by atoms with Crippen LogP contribution in [0.25, 0.3) is 0 Å². The van der Waals surface area contributed by atoms with Crippen LogP contribution in [0.3, 0.4) is 0 Å². The molecule has 0 radical (unpaired) electrons. The molecule has 2 heterocycles. The van der Waals surface area contributed by atoms with E-state index in [1.54, 1.807) is 12.1 Å². The van der Waals surface area contributed by atoms with Gasteiger partial charge in [-0.25, -0.2) is 4.79 Å². The highest BCUT2D eigenvalue weighted by Gasteiger charge is 2.23. The number of nitrogens with zero attached hydrogens (tertiary/aromatic N) is 3. The van der Waals surface area contributed by atoms with Crippen LogP contribution in [0.1, 0.15) is 23.2 Å². The van der Waals surface area contributed by atoms with Crippen LogP contribution in [0.15, 0.2) is 33.9 Å². The van der Waals surface area contributed by atoms with Crippen LogP contribution in [0.2, 0.25) is 5.02 Å². The van der Waals surface area contributed by atoms with E-state index in [2.05, 4.69) is 0 Å². The van der Waals surface area contributed by atoms with Gasteiger partial charge in [-0.1, -0.05) is 23.7 Å². The van der Waals surface area contributed by atoms with Crippen LogP contribution in [0.5, 0.6) is 0 Å². The standard InChI is InChI=1S/C18H18ClN3O4/c19-13-5-3-12(4-6-13)10-26-11-14(23)9-22-17(24)15(8-20)16-2-1-7-21(16)18(22)25/h3-6,14,23H,1-2,7,9-11H2/t14-/m1/s1. The van der Waals surface area contributed by atoms with Crippen LogP contribution >= 0.6 is 11.6 Å². The molecule has 8 heteroatoms. The van der Waals surface area contributed by atoms with Crippen molar-refractivity contribution in [3.05, 3.63) is 66.9 Å². The number of hydrogen-bond donors (Lipinski definition) is 1. The highest BCUT2D eigenvalue weighted by atomic mass is 35.5. The minimum Gasteiger partial charge on any atom is -0.389 e. The molecule has 0 spiro atoms. The van der Waals surface area contributed by atoms with Crippen LogP contribution in [-0.2, 0) is 30.9 Å². The summed E-state index contributed by atoms with van der Waals surface area (Å²) >= 11 is 5.81. The van der Waals surface area contributed by atoms with Gasteiger partial charge >= 0.3 is 5.69 Å². The molecule has 0 amide bonds. The summed E-state index contributed by atoms with van der Waals surface area (Å²) in [6.45, 7) is 0.493. The van der Waals surface area contributed by atoms with Crippen molar-refractivity contribution in [1.82, 2.24) is 9.13 Å². The van der Waals surface area contributed by atoms with Crippen molar-refractivity contribution in [1.29, 1.82) is 5.26 Å². The topological polar surface area (TPSA) is 97.2 Å². The number of fused-ring (bicyclic) bond motifs is 1. The van der Waals surface area contributed by atoms with Gasteiger partial charge in [0.25, 0.3) is 5.56 Å². The summed E-state index contributed by atoms with van der Waals surface area (Å²) in [6, 6.07) is 8.99. The molecule has 0 saturated heterocycles. The fourth-order valence-corrected chi connectivity index (χ4v) is 3.19. The molecule has 1 aliphatic heterocycles. The molecule has 1 atom stereocenters. The van der Waals surface area contributed by atoms with Crippen molar-refractivity contribution in [2.75, 3.05) is 6.61 Å². The molecule has 1 N–H and O–H groups in total. The summed E-state index contributed by atoms with van der Waals surface area (Å²) in [4.78, 5) is 24.9. The third kappa shape index (κ3) is 3.73.